The second-order valence-electron chi connectivity index (χ2n) is 3.37. The first-order valence-electron chi connectivity index (χ1n) is 4.96. The lowest BCUT2D eigenvalue weighted by atomic mass is 10.3. The van der Waals surface area contributed by atoms with Crippen molar-refractivity contribution in [2.75, 3.05) is 0 Å². The third kappa shape index (κ3) is 3.01. The van der Waals surface area contributed by atoms with Gasteiger partial charge in [-0.2, -0.15) is 0 Å². The van der Waals surface area contributed by atoms with Crippen LogP contribution >= 0.6 is 22.7 Å². The first kappa shape index (κ1) is 12.0. The molecule has 3 nitrogen and oxygen atoms in total. The molecular weight excluding hydrogens is 256 g/mol. The second kappa shape index (κ2) is 5.25. The molecule has 0 N–H and O–H groups in total. The number of hydrogen-bond acceptors (Lipinski definition) is 5. The first-order chi connectivity index (χ1) is 8.19. The van der Waals surface area contributed by atoms with E-state index in [0.717, 1.165) is 25.8 Å². The zero-order valence-electron chi connectivity index (χ0n) is 9.14. The lowest BCUT2D eigenvalue weighted by Crippen LogP contribution is -1.96. The van der Waals surface area contributed by atoms with Crippen molar-refractivity contribution in [1.29, 1.82) is 0 Å². The Bertz CT molecular complexity index is 539. The minimum absolute atomic E-state index is 0.278. The van der Waals surface area contributed by atoms with E-state index in [4.69, 9.17) is 4.74 Å². The molecule has 0 aliphatic rings. The number of carbonyl (C=O) groups is 2. The van der Waals surface area contributed by atoms with Gasteiger partial charge in [-0.15, -0.1) is 22.7 Å². The largest absolute Gasteiger partial charge is 0.460 e. The van der Waals surface area contributed by atoms with Crippen molar-refractivity contribution in [3.05, 3.63) is 34.0 Å². The van der Waals surface area contributed by atoms with Gasteiger partial charge in [0.2, 0.25) is 0 Å². The van der Waals surface area contributed by atoms with Gasteiger partial charge >= 0.3 is 5.97 Å². The Labute approximate surface area is 107 Å². The number of carbonyl (C=O) groups excluding carboxylic acids is 2. The van der Waals surface area contributed by atoms with Gasteiger partial charge in [0.05, 0.1) is 4.88 Å². The third-order valence-electron chi connectivity index (χ3n) is 2.07. The van der Waals surface area contributed by atoms with Crippen LogP contribution in [0.4, 0.5) is 0 Å². The zero-order valence-corrected chi connectivity index (χ0v) is 10.8. The fourth-order valence-corrected chi connectivity index (χ4v) is 3.14. The van der Waals surface area contributed by atoms with E-state index in [1.165, 1.54) is 18.3 Å². The molecule has 5 heteroatoms. The lowest BCUT2D eigenvalue weighted by Gasteiger charge is -1.96. The SMILES string of the molecule is CC(=O)OCc1ccc(-c2ccc(C=O)s2)s1. The van der Waals surface area contributed by atoms with Crippen LogP contribution in [0.25, 0.3) is 9.75 Å². The van der Waals surface area contributed by atoms with E-state index >= 15 is 0 Å². The Hall–Kier alpha value is -1.46. The molecule has 0 saturated carbocycles. The van der Waals surface area contributed by atoms with Gasteiger partial charge in [0, 0.05) is 21.6 Å². The van der Waals surface area contributed by atoms with E-state index in [-0.39, 0.29) is 5.97 Å². The highest BCUT2D eigenvalue weighted by Gasteiger charge is 2.06. The number of hydrogen-bond donors (Lipinski definition) is 0. The number of esters is 1. The fraction of sp³-hybridized carbons (Fsp3) is 0.167. The molecule has 0 aliphatic heterocycles. The van der Waals surface area contributed by atoms with Gasteiger partial charge in [0.1, 0.15) is 6.61 Å². The Kier molecular flexibility index (Phi) is 3.71. The Morgan fingerprint density at radius 2 is 1.94 bits per heavy atom. The normalized spacial score (nSPS) is 10.2. The molecule has 0 bridgehead atoms. The summed E-state index contributed by atoms with van der Waals surface area (Å²) in [6, 6.07) is 7.64. The first-order valence-corrected chi connectivity index (χ1v) is 6.60. The number of aldehydes is 1. The highest BCUT2D eigenvalue weighted by molar-refractivity contribution is 7.22. The molecule has 0 spiro atoms. The maximum absolute atomic E-state index is 10.7. The van der Waals surface area contributed by atoms with Gasteiger partial charge in [-0.3, -0.25) is 9.59 Å². The van der Waals surface area contributed by atoms with Crippen molar-refractivity contribution >= 4 is 34.9 Å². The van der Waals surface area contributed by atoms with E-state index in [0.29, 0.717) is 6.61 Å². The van der Waals surface area contributed by atoms with Crippen molar-refractivity contribution in [2.24, 2.45) is 0 Å². The van der Waals surface area contributed by atoms with Crippen LogP contribution in [0.1, 0.15) is 21.5 Å². The molecule has 2 rings (SSSR count). The van der Waals surface area contributed by atoms with Crippen LogP contribution in [0.15, 0.2) is 24.3 Å². The molecule has 0 atom stereocenters. The summed E-state index contributed by atoms with van der Waals surface area (Å²) >= 11 is 3.03. The summed E-state index contributed by atoms with van der Waals surface area (Å²) in [5, 5.41) is 0. The van der Waals surface area contributed by atoms with E-state index < -0.39 is 0 Å². The van der Waals surface area contributed by atoms with Gasteiger partial charge in [0.25, 0.3) is 0 Å². The van der Waals surface area contributed by atoms with E-state index in [2.05, 4.69) is 0 Å². The minimum atomic E-state index is -0.278. The Morgan fingerprint density at radius 3 is 2.59 bits per heavy atom. The van der Waals surface area contributed by atoms with E-state index in [9.17, 15) is 9.59 Å². The molecule has 0 amide bonds. The predicted molar refractivity (Wildman–Crippen MR) is 68.5 cm³/mol. The highest BCUT2D eigenvalue weighted by Crippen LogP contribution is 2.33. The summed E-state index contributed by atoms with van der Waals surface area (Å²) in [7, 11) is 0. The average Bonchev–Trinajstić information content (AvgIpc) is 2.94. The Balaban J connectivity index is 2.12. The summed E-state index contributed by atoms with van der Waals surface area (Å²) in [4.78, 5) is 25.1. The van der Waals surface area contributed by atoms with Crippen LogP contribution in [0.5, 0.6) is 0 Å². The van der Waals surface area contributed by atoms with Gasteiger partial charge in [0.15, 0.2) is 6.29 Å². The molecular formula is C12H10O3S2. The zero-order chi connectivity index (χ0) is 12.3. The summed E-state index contributed by atoms with van der Waals surface area (Å²) < 4.78 is 4.92. The summed E-state index contributed by atoms with van der Waals surface area (Å²) in [6.07, 6.45) is 0.849. The molecule has 2 heterocycles. The molecule has 88 valence electrons. The predicted octanol–water partition coefficient (Wildman–Crippen LogP) is 3.35. The van der Waals surface area contributed by atoms with Crippen molar-refractivity contribution in [1.82, 2.24) is 0 Å². The molecule has 2 aromatic heterocycles. The fourth-order valence-electron chi connectivity index (χ4n) is 1.31. The number of thiophene rings is 2. The van der Waals surface area contributed by atoms with Crippen LogP contribution < -0.4 is 0 Å². The van der Waals surface area contributed by atoms with Crippen molar-refractivity contribution in [3.63, 3.8) is 0 Å². The van der Waals surface area contributed by atoms with Crippen LogP contribution in [0.2, 0.25) is 0 Å². The average molecular weight is 266 g/mol. The number of rotatable bonds is 4. The monoisotopic (exact) mass is 266 g/mol. The van der Waals surface area contributed by atoms with Crippen molar-refractivity contribution in [3.8, 4) is 9.75 Å². The van der Waals surface area contributed by atoms with Crippen LogP contribution in [0, 0.1) is 0 Å². The van der Waals surface area contributed by atoms with Crippen molar-refractivity contribution < 1.29 is 14.3 Å². The van der Waals surface area contributed by atoms with Gasteiger partial charge in [-0.05, 0) is 24.3 Å². The summed E-state index contributed by atoms with van der Waals surface area (Å²) in [5.74, 6) is -0.278. The lowest BCUT2D eigenvalue weighted by molar-refractivity contribution is -0.142. The standard InChI is InChI=1S/C12H10O3S2/c1-8(14)15-7-10-3-5-12(17-10)11-4-2-9(6-13)16-11/h2-6H,7H2,1H3. The van der Waals surface area contributed by atoms with Gasteiger partial charge in [-0.1, -0.05) is 0 Å². The van der Waals surface area contributed by atoms with E-state index in [1.54, 1.807) is 17.4 Å². The topological polar surface area (TPSA) is 43.4 Å². The molecule has 0 aliphatic carbocycles. The minimum Gasteiger partial charge on any atom is -0.460 e. The molecule has 0 fully saturated rings. The van der Waals surface area contributed by atoms with Crippen LogP contribution in [-0.4, -0.2) is 12.3 Å². The molecule has 0 aromatic carbocycles. The van der Waals surface area contributed by atoms with Gasteiger partial charge < -0.3 is 4.74 Å². The summed E-state index contributed by atoms with van der Waals surface area (Å²) in [5.41, 5.74) is 0. The highest BCUT2D eigenvalue weighted by atomic mass is 32.1. The number of ether oxygens (including phenoxy) is 1. The second-order valence-corrected chi connectivity index (χ2v) is 5.65. The molecule has 17 heavy (non-hydrogen) atoms. The molecule has 0 saturated heterocycles. The summed E-state index contributed by atoms with van der Waals surface area (Å²) in [6.45, 7) is 1.70. The smallest absolute Gasteiger partial charge is 0.302 e. The van der Waals surface area contributed by atoms with Crippen LogP contribution in [-0.2, 0) is 16.1 Å². The molecule has 0 radical (unpaired) electrons. The van der Waals surface area contributed by atoms with Gasteiger partial charge in [-0.25, -0.2) is 0 Å². The van der Waals surface area contributed by atoms with Crippen LogP contribution in [0.3, 0.4) is 0 Å². The van der Waals surface area contributed by atoms with E-state index in [1.807, 2.05) is 18.2 Å². The maximum atomic E-state index is 10.7. The Morgan fingerprint density at radius 1 is 1.24 bits per heavy atom. The molecule has 0 unspecified atom stereocenters. The quantitative estimate of drug-likeness (QED) is 0.629. The third-order valence-corrected chi connectivity index (χ3v) is 4.33. The maximum Gasteiger partial charge on any atom is 0.302 e. The molecule has 2 aromatic rings. The van der Waals surface area contributed by atoms with Crippen molar-refractivity contribution in [2.45, 2.75) is 13.5 Å².